The molecule has 0 saturated carbocycles. The van der Waals surface area contributed by atoms with Crippen LogP contribution in [-0.4, -0.2) is 9.92 Å². The van der Waals surface area contributed by atoms with Gasteiger partial charge in [-0.15, -0.1) is 0 Å². The zero-order valence-electron chi connectivity index (χ0n) is 7.24. The molecule has 0 aromatic heterocycles. The Labute approximate surface area is 81.5 Å². The van der Waals surface area contributed by atoms with Gasteiger partial charge in [-0.25, -0.2) is 0 Å². The third kappa shape index (κ3) is 2.70. The fraction of sp³-hybridized carbons (Fsp3) is 0.333. The molecule has 0 aliphatic heterocycles. The summed E-state index contributed by atoms with van der Waals surface area (Å²) >= 11 is 5.71. The topological polar surface area (TPSA) is 43.1 Å². The van der Waals surface area contributed by atoms with E-state index in [0.717, 1.165) is 5.56 Å². The molecule has 0 fully saturated rings. The van der Waals surface area contributed by atoms with E-state index in [1.54, 1.807) is 0 Å². The maximum absolute atomic E-state index is 10.5. The normalized spacial score (nSPS) is 14.9. The van der Waals surface area contributed by atoms with Crippen molar-refractivity contribution in [1.82, 2.24) is 0 Å². The Morgan fingerprint density at radius 3 is 2.46 bits per heavy atom. The summed E-state index contributed by atoms with van der Waals surface area (Å²) in [5.41, 5.74) is 0.872. The smallest absolute Gasteiger partial charge is 0.263 e. The van der Waals surface area contributed by atoms with Crippen LogP contribution in [0.1, 0.15) is 12.5 Å². The first kappa shape index (κ1) is 9.99. The standard InChI is InChI=1S/C9H10ClNO2/c1-9(10,11(12)13)7-8-5-3-2-4-6-8/h2-6H,7H2,1H3. The van der Waals surface area contributed by atoms with Gasteiger partial charge in [0.1, 0.15) is 0 Å². The van der Waals surface area contributed by atoms with Crippen molar-refractivity contribution in [2.24, 2.45) is 0 Å². The fourth-order valence-electron chi connectivity index (χ4n) is 1.03. The van der Waals surface area contributed by atoms with Gasteiger partial charge in [0, 0.05) is 11.8 Å². The van der Waals surface area contributed by atoms with E-state index in [0.29, 0.717) is 0 Å². The van der Waals surface area contributed by atoms with Crippen molar-refractivity contribution in [3.8, 4) is 0 Å². The summed E-state index contributed by atoms with van der Waals surface area (Å²) in [6, 6.07) is 9.18. The molecular formula is C9H10ClNO2. The van der Waals surface area contributed by atoms with Crippen LogP contribution in [0.2, 0.25) is 0 Å². The zero-order chi connectivity index (χ0) is 9.90. The van der Waals surface area contributed by atoms with E-state index in [9.17, 15) is 10.1 Å². The second kappa shape index (κ2) is 3.75. The first-order chi connectivity index (χ1) is 6.02. The molecule has 0 bridgehead atoms. The van der Waals surface area contributed by atoms with Crippen LogP contribution in [0.25, 0.3) is 0 Å². The van der Waals surface area contributed by atoms with Gasteiger partial charge in [0.05, 0.1) is 6.42 Å². The number of rotatable bonds is 3. The molecule has 4 heteroatoms. The van der Waals surface area contributed by atoms with Crippen LogP contribution in [0, 0.1) is 10.1 Å². The lowest BCUT2D eigenvalue weighted by molar-refractivity contribution is -0.536. The van der Waals surface area contributed by atoms with Crippen LogP contribution in [0.5, 0.6) is 0 Å². The molecule has 70 valence electrons. The maximum atomic E-state index is 10.5. The van der Waals surface area contributed by atoms with Gasteiger partial charge in [0.15, 0.2) is 0 Å². The third-order valence-corrected chi connectivity index (χ3v) is 2.02. The molecular weight excluding hydrogens is 190 g/mol. The monoisotopic (exact) mass is 199 g/mol. The minimum absolute atomic E-state index is 0.238. The SMILES string of the molecule is CC(Cl)(Cc1ccccc1)[N+](=O)[O-]. The number of hydrogen-bond acceptors (Lipinski definition) is 2. The molecule has 3 nitrogen and oxygen atoms in total. The zero-order valence-corrected chi connectivity index (χ0v) is 7.99. The lowest BCUT2D eigenvalue weighted by Crippen LogP contribution is -2.30. The summed E-state index contributed by atoms with van der Waals surface area (Å²) in [4.78, 5) is 8.63. The molecule has 13 heavy (non-hydrogen) atoms. The Kier molecular flexibility index (Phi) is 2.88. The van der Waals surface area contributed by atoms with Gasteiger partial charge in [0.2, 0.25) is 0 Å². The van der Waals surface area contributed by atoms with Crippen LogP contribution >= 0.6 is 11.6 Å². The maximum Gasteiger partial charge on any atom is 0.296 e. The highest BCUT2D eigenvalue weighted by atomic mass is 35.5. The van der Waals surface area contributed by atoms with Crippen molar-refractivity contribution in [3.63, 3.8) is 0 Å². The van der Waals surface area contributed by atoms with Gasteiger partial charge in [-0.3, -0.25) is 10.1 Å². The van der Waals surface area contributed by atoms with Crippen molar-refractivity contribution in [2.45, 2.75) is 18.3 Å². The van der Waals surface area contributed by atoms with Crippen LogP contribution in [0.15, 0.2) is 30.3 Å². The van der Waals surface area contributed by atoms with Crippen LogP contribution in [0.3, 0.4) is 0 Å². The van der Waals surface area contributed by atoms with Crippen molar-refractivity contribution >= 4 is 11.6 Å². The van der Waals surface area contributed by atoms with Gasteiger partial charge < -0.3 is 0 Å². The molecule has 1 aromatic rings. The van der Waals surface area contributed by atoms with Gasteiger partial charge in [-0.2, -0.15) is 0 Å². The molecule has 0 amide bonds. The summed E-state index contributed by atoms with van der Waals surface area (Å²) in [5, 5.41) is 10.5. The van der Waals surface area contributed by atoms with E-state index in [1.165, 1.54) is 6.92 Å². The van der Waals surface area contributed by atoms with Crippen molar-refractivity contribution in [2.75, 3.05) is 0 Å². The Hall–Kier alpha value is -1.09. The Morgan fingerprint density at radius 2 is 2.00 bits per heavy atom. The van der Waals surface area contributed by atoms with E-state index in [-0.39, 0.29) is 6.42 Å². The summed E-state index contributed by atoms with van der Waals surface area (Å²) in [6.07, 6.45) is 0.238. The molecule has 0 spiro atoms. The Morgan fingerprint density at radius 1 is 1.46 bits per heavy atom. The van der Waals surface area contributed by atoms with E-state index in [4.69, 9.17) is 11.6 Å². The average molecular weight is 200 g/mol. The van der Waals surface area contributed by atoms with E-state index in [2.05, 4.69) is 0 Å². The quantitative estimate of drug-likeness (QED) is 0.325. The van der Waals surface area contributed by atoms with Crippen molar-refractivity contribution in [1.29, 1.82) is 0 Å². The largest absolute Gasteiger partial charge is 0.296 e. The lowest BCUT2D eigenvalue weighted by atomic mass is 10.1. The molecule has 0 N–H and O–H groups in total. The molecule has 0 aliphatic carbocycles. The highest BCUT2D eigenvalue weighted by Crippen LogP contribution is 2.20. The molecule has 1 aromatic carbocycles. The predicted octanol–water partition coefficient (Wildman–Crippen LogP) is 2.46. The van der Waals surface area contributed by atoms with Crippen molar-refractivity contribution < 1.29 is 4.92 Å². The van der Waals surface area contributed by atoms with Crippen LogP contribution < -0.4 is 0 Å². The molecule has 1 atom stereocenters. The van der Waals surface area contributed by atoms with Gasteiger partial charge >= 0.3 is 0 Å². The molecule has 0 saturated heterocycles. The molecule has 0 heterocycles. The van der Waals surface area contributed by atoms with Gasteiger partial charge in [0.25, 0.3) is 5.00 Å². The molecule has 1 rings (SSSR count). The molecule has 1 unspecified atom stereocenters. The van der Waals surface area contributed by atoms with Gasteiger partial charge in [-0.1, -0.05) is 30.3 Å². The van der Waals surface area contributed by atoms with E-state index >= 15 is 0 Å². The van der Waals surface area contributed by atoms with Crippen molar-refractivity contribution in [3.05, 3.63) is 46.0 Å². The lowest BCUT2D eigenvalue weighted by Gasteiger charge is -2.12. The third-order valence-electron chi connectivity index (χ3n) is 1.75. The van der Waals surface area contributed by atoms with Gasteiger partial charge in [-0.05, 0) is 17.2 Å². The Bertz CT molecular complexity index is 298. The first-order valence-electron chi connectivity index (χ1n) is 3.90. The number of alkyl halides is 1. The molecule has 0 aliphatic rings. The number of halogens is 1. The summed E-state index contributed by atoms with van der Waals surface area (Å²) in [7, 11) is 0. The second-order valence-corrected chi connectivity index (χ2v) is 3.88. The van der Waals surface area contributed by atoms with Crippen LogP contribution in [0.4, 0.5) is 0 Å². The fourth-order valence-corrected chi connectivity index (χ4v) is 1.19. The highest BCUT2D eigenvalue weighted by Gasteiger charge is 2.33. The van der Waals surface area contributed by atoms with E-state index in [1.807, 2.05) is 30.3 Å². The average Bonchev–Trinajstić information content (AvgIpc) is 2.05. The first-order valence-corrected chi connectivity index (χ1v) is 4.27. The highest BCUT2D eigenvalue weighted by molar-refractivity contribution is 6.22. The Balaban J connectivity index is 2.75. The number of nitro groups is 1. The second-order valence-electron chi connectivity index (χ2n) is 3.06. The summed E-state index contributed by atoms with van der Waals surface area (Å²) in [5.74, 6) is 0. The summed E-state index contributed by atoms with van der Waals surface area (Å²) in [6.45, 7) is 1.40. The van der Waals surface area contributed by atoms with E-state index < -0.39 is 9.92 Å². The summed E-state index contributed by atoms with van der Waals surface area (Å²) < 4.78 is 0. The minimum atomic E-state index is -1.40. The van der Waals surface area contributed by atoms with Crippen LogP contribution in [-0.2, 0) is 6.42 Å². The predicted molar refractivity (Wildman–Crippen MR) is 51.4 cm³/mol. The number of nitrogens with zero attached hydrogens (tertiary/aromatic N) is 1. The molecule has 0 radical (unpaired) electrons. The minimum Gasteiger partial charge on any atom is -0.263 e. The number of hydrogen-bond donors (Lipinski definition) is 0. The number of benzene rings is 1.